The van der Waals surface area contributed by atoms with Crippen molar-refractivity contribution in [3.63, 3.8) is 0 Å². The lowest BCUT2D eigenvalue weighted by molar-refractivity contribution is 0.804. The number of unbranched alkanes of at least 4 members (excludes halogenated alkanes) is 1. The molecule has 2 heteroatoms. The second kappa shape index (κ2) is 4.33. The van der Waals surface area contributed by atoms with Gasteiger partial charge in [0.1, 0.15) is 0 Å². The summed E-state index contributed by atoms with van der Waals surface area (Å²) in [5.41, 5.74) is 0. The molecule has 0 unspecified atom stereocenters. The van der Waals surface area contributed by atoms with E-state index in [1.165, 1.54) is 34.2 Å². The fourth-order valence-electron chi connectivity index (χ4n) is 1.54. The van der Waals surface area contributed by atoms with Gasteiger partial charge in [0, 0.05) is 14.6 Å². The molecule has 2 aromatic rings. The Balaban J connectivity index is 2.32. The Labute approximate surface area is 93.5 Å². The zero-order chi connectivity index (χ0) is 9.97. The first-order valence-electron chi connectivity index (χ1n) is 4.97. The Morgan fingerprint density at radius 2 is 2.14 bits per heavy atom. The van der Waals surface area contributed by atoms with Crippen LogP contribution in [0, 0.1) is 0 Å². The highest BCUT2D eigenvalue weighted by molar-refractivity contribution is 7.19. The first kappa shape index (κ1) is 10.0. The maximum absolute atomic E-state index is 5.94. The molecule has 1 aromatic carbocycles. The number of benzene rings is 1. The maximum Gasteiger partial charge on any atom is 0.0412 e. The number of rotatable bonds is 3. The molecule has 0 N–H and O–H groups in total. The van der Waals surface area contributed by atoms with Gasteiger partial charge in [-0.15, -0.1) is 11.3 Å². The molecule has 0 bridgehead atoms. The van der Waals surface area contributed by atoms with Gasteiger partial charge in [0.05, 0.1) is 0 Å². The van der Waals surface area contributed by atoms with E-state index >= 15 is 0 Å². The van der Waals surface area contributed by atoms with Crippen LogP contribution in [0.1, 0.15) is 24.6 Å². The SMILES string of the molecule is CCCCc1cc2cc(Cl)ccc2s1. The number of halogens is 1. The van der Waals surface area contributed by atoms with E-state index in [2.05, 4.69) is 19.1 Å². The quantitative estimate of drug-likeness (QED) is 0.696. The molecular weight excluding hydrogens is 212 g/mol. The first-order valence-corrected chi connectivity index (χ1v) is 6.17. The fraction of sp³-hybridized carbons (Fsp3) is 0.333. The molecule has 74 valence electrons. The van der Waals surface area contributed by atoms with Crippen molar-refractivity contribution in [2.24, 2.45) is 0 Å². The lowest BCUT2D eigenvalue weighted by atomic mass is 10.2. The lowest BCUT2D eigenvalue weighted by Crippen LogP contribution is -1.76. The van der Waals surface area contributed by atoms with Gasteiger partial charge < -0.3 is 0 Å². The normalized spacial score (nSPS) is 11.0. The second-order valence-corrected chi connectivity index (χ2v) is 5.10. The summed E-state index contributed by atoms with van der Waals surface area (Å²) in [6, 6.07) is 8.38. The van der Waals surface area contributed by atoms with Crippen molar-refractivity contribution in [1.29, 1.82) is 0 Å². The van der Waals surface area contributed by atoms with E-state index in [-0.39, 0.29) is 0 Å². The van der Waals surface area contributed by atoms with Crippen LogP contribution in [0.3, 0.4) is 0 Å². The van der Waals surface area contributed by atoms with Gasteiger partial charge in [0.15, 0.2) is 0 Å². The van der Waals surface area contributed by atoms with Crippen LogP contribution in [0.15, 0.2) is 24.3 Å². The predicted molar refractivity (Wildman–Crippen MR) is 65.4 cm³/mol. The van der Waals surface area contributed by atoms with Crippen LogP contribution < -0.4 is 0 Å². The largest absolute Gasteiger partial charge is 0.140 e. The van der Waals surface area contributed by atoms with Gasteiger partial charge in [-0.2, -0.15) is 0 Å². The fourth-order valence-corrected chi connectivity index (χ4v) is 2.81. The van der Waals surface area contributed by atoms with Crippen LogP contribution in [0.25, 0.3) is 10.1 Å². The van der Waals surface area contributed by atoms with Gasteiger partial charge in [0.2, 0.25) is 0 Å². The number of hydrogen-bond acceptors (Lipinski definition) is 1. The Bertz CT molecular complexity index is 431. The van der Waals surface area contributed by atoms with Gasteiger partial charge in [-0.05, 0) is 42.5 Å². The summed E-state index contributed by atoms with van der Waals surface area (Å²) in [6.45, 7) is 2.23. The molecule has 0 aliphatic heterocycles. The van der Waals surface area contributed by atoms with Gasteiger partial charge in [-0.25, -0.2) is 0 Å². The van der Waals surface area contributed by atoms with Crippen molar-refractivity contribution >= 4 is 33.0 Å². The summed E-state index contributed by atoms with van der Waals surface area (Å²) in [6.07, 6.45) is 3.74. The number of thiophene rings is 1. The molecule has 0 fully saturated rings. The average Bonchev–Trinajstić information content (AvgIpc) is 2.56. The van der Waals surface area contributed by atoms with Crippen LogP contribution in [0.4, 0.5) is 0 Å². The molecule has 0 spiro atoms. The van der Waals surface area contributed by atoms with Crippen LogP contribution in [0.5, 0.6) is 0 Å². The Morgan fingerprint density at radius 1 is 1.29 bits per heavy atom. The molecule has 0 nitrogen and oxygen atoms in total. The number of aryl methyl sites for hydroxylation is 1. The summed E-state index contributed by atoms with van der Waals surface area (Å²) >= 11 is 7.82. The van der Waals surface area contributed by atoms with Crippen molar-refractivity contribution in [2.45, 2.75) is 26.2 Å². The molecule has 0 amide bonds. The average molecular weight is 225 g/mol. The van der Waals surface area contributed by atoms with Crippen molar-refractivity contribution in [3.8, 4) is 0 Å². The lowest BCUT2D eigenvalue weighted by Gasteiger charge is -1.90. The third-order valence-corrected chi connectivity index (χ3v) is 3.72. The van der Waals surface area contributed by atoms with Crippen LogP contribution in [0.2, 0.25) is 5.02 Å². The van der Waals surface area contributed by atoms with Gasteiger partial charge in [-0.1, -0.05) is 24.9 Å². The standard InChI is InChI=1S/C12H13ClS/c1-2-3-4-11-8-9-7-10(13)5-6-12(9)14-11/h5-8H,2-4H2,1H3. The minimum Gasteiger partial charge on any atom is -0.140 e. The third-order valence-electron chi connectivity index (χ3n) is 2.31. The van der Waals surface area contributed by atoms with E-state index in [4.69, 9.17) is 11.6 Å². The summed E-state index contributed by atoms with van der Waals surface area (Å²) in [4.78, 5) is 1.48. The van der Waals surface area contributed by atoms with Gasteiger partial charge in [-0.3, -0.25) is 0 Å². The van der Waals surface area contributed by atoms with Crippen LogP contribution in [-0.4, -0.2) is 0 Å². The molecule has 1 heterocycles. The molecule has 2 rings (SSSR count). The minimum absolute atomic E-state index is 0.831. The molecular formula is C12H13ClS. The van der Waals surface area contributed by atoms with E-state index in [1.54, 1.807) is 0 Å². The van der Waals surface area contributed by atoms with E-state index in [1.807, 2.05) is 23.5 Å². The van der Waals surface area contributed by atoms with Gasteiger partial charge >= 0.3 is 0 Å². The summed E-state index contributed by atoms with van der Waals surface area (Å²) in [7, 11) is 0. The monoisotopic (exact) mass is 224 g/mol. The molecule has 14 heavy (non-hydrogen) atoms. The Morgan fingerprint density at radius 3 is 2.93 bits per heavy atom. The van der Waals surface area contributed by atoms with Crippen molar-refractivity contribution in [2.75, 3.05) is 0 Å². The maximum atomic E-state index is 5.94. The summed E-state index contributed by atoms with van der Waals surface area (Å²) < 4.78 is 1.35. The smallest absolute Gasteiger partial charge is 0.0412 e. The zero-order valence-electron chi connectivity index (χ0n) is 8.22. The highest BCUT2D eigenvalue weighted by Gasteiger charge is 2.01. The second-order valence-electron chi connectivity index (χ2n) is 3.50. The molecule has 0 saturated heterocycles. The number of hydrogen-bond donors (Lipinski definition) is 0. The molecule has 0 aliphatic rings. The van der Waals surface area contributed by atoms with E-state index in [9.17, 15) is 0 Å². The topological polar surface area (TPSA) is 0 Å². The number of fused-ring (bicyclic) bond motifs is 1. The van der Waals surface area contributed by atoms with Crippen molar-refractivity contribution < 1.29 is 0 Å². The third kappa shape index (κ3) is 2.10. The molecule has 1 aromatic heterocycles. The first-order chi connectivity index (χ1) is 6.79. The van der Waals surface area contributed by atoms with Crippen LogP contribution >= 0.6 is 22.9 Å². The van der Waals surface area contributed by atoms with Crippen LogP contribution in [-0.2, 0) is 6.42 Å². The van der Waals surface area contributed by atoms with Crippen molar-refractivity contribution in [1.82, 2.24) is 0 Å². The Kier molecular flexibility index (Phi) is 3.09. The highest BCUT2D eigenvalue weighted by Crippen LogP contribution is 2.28. The van der Waals surface area contributed by atoms with Gasteiger partial charge in [0.25, 0.3) is 0 Å². The van der Waals surface area contributed by atoms with E-state index in [0.29, 0.717) is 0 Å². The Hall–Kier alpha value is -0.530. The molecule has 0 radical (unpaired) electrons. The molecule has 0 aliphatic carbocycles. The predicted octanol–water partition coefficient (Wildman–Crippen LogP) is 4.90. The highest BCUT2D eigenvalue weighted by atomic mass is 35.5. The molecule has 0 atom stereocenters. The zero-order valence-corrected chi connectivity index (χ0v) is 9.79. The minimum atomic E-state index is 0.831. The van der Waals surface area contributed by atoms with Crippen molar-refractivity contribution in [3.05, 3.63) is 34.2 Å². The molecule has 0 saturated carbocycles. The van der Waals surface area contributed by atoms with E-state index in [0.717, 1.165) is 5.02 Å². The van der Waals surface area contributed by atoms with E-state index < -0.39 is 0 Å². The summed E-state index contributed by atoms with van der Waals surface area (Å²) in [5.74, 6) is 0. The summed E-state index contributed by atoms with van der Waals surface area (Å²) in [5, 5.41) is 2.12.